The molecule has 7 heteroatoms. The lowest BCUT2D eigenvalue weighted by Crippen LogP contribution is -2.42. The number of rotatable bonds is 5. The molecule has 0 spiro atoms. The molecule has 1 amide bonds. The van der Waals surface area contributed by atoms with Crippen molar-refractivity contribution in [1.82, 2.24) is 9.88 Å². The number of amides is 1. The summed E-state index contributed by atoms with van der Waals surface area (Å²) in [5.41, 5.74) is -1.25. The fraction of sp³-hybridized carbons (Fsp3) is 0.176. The van der Waals surface area contributed by atoms with E-state index in [1.54, 1.807) is 31.4 Å². The Labute approximate surface area is 142 Å². The SMILES string of the molecule is Cn1cccc(C(=O)NCC(O)(c2ccoc2)c2cccs2)c1=O. The van der Waals surface area contributed by atoms with Crippen LogP contribution >= 0.6 is 11.3 Å². The van der Waals surface area contributed by atoms with Crippen molar-refractivity contribution in [3.8, 4) is 0 Å². The predicted octanol–water partition coefficient (Wildman–Crippen LogP) is 1.71. The van der Waals surface area contributed by atoms with Crippen molar-refractivity contribution < 1.29 is 14.3 Å². The van der Waals surface area contributed by atoms with Gasteiger partial charge in [-0.15, -0.1) is 11.3 Å². The van der Waals surface area contributed by atoms with E-state index in [0.717, 1.165) is 0 Å². The van der Waals surface area contributed by atoms with Crippen molar-refractivity contribution in [3.05, 3.63) is 80.8 Å². The van der Waals surface area contributed by atoms with E-state index in [4.69, 9.17) is 4.42 Å². The quantitative estimate of drug-likeness (QED) is 0.738. The number of thiophene rings is 1. The summed E-state index contributed by atoms with van der Waals surface area (Å²) in [6, 6.07) is 8.33. The van der Waals surface area contributed by atoms with Crippen LogP contribution in [0.5, 0.6) is 0 Å². The lowest BCUT2D eigenvalue weighted by atomic mass is 9.94. The molecule has 0 aliphatic heterocycles. The summed E-state index contributed by atoms with van der Waals surface area (Å²) in [6.45, 7) is -0.0794. The standard InChI is InChI=1S/C17H16N2O4S/c1-19-7-2-4-13(16(19)21)15(20)18-11-17(22,12-6-8-23-10-12)14-5-3-9-24-14/h2-10,22H,11H2,1H3,(H,18,20). The summed E-state index contributed by atoms with van der Waals surface area (Å²) in [7, 11) is 1.58. The van der Waals surface area contributed by atoms with Gasteiger partial charge in [-0.05, 0) is 29.6 Å². The monoisotopic (exact) mass is 344 g/mol. The van der Waals surface area contributed by atoms with Crippen LogP contribution in [0.15, 0.2) is 63.6 Å². The van der Waals surface area contributed by atoms with Crippen molar-refractivity contribution in [2.24, 2.45) is 7.05 Å². The van der Waals surface area contributed by atoms with Crippen molar-refractivity contribution in [1.29, 1.82) is 0 Å². The second-order valence-corrected chi connectivity index (χ2v) is 6.32. The molecule has 0 bridgehead atoms. The van der Waals surface area contributed by atoms with Crippen molar-refractivity contribution in [2.75, 3.05) is 6.54 Å². The highest BCUT2D eigenvalue weighted by molar-refractivity contribution is 7.10. The van der Waals surface area contributed by atoms with E-state index in [2.05, 4.69) is 5.32 Å². The van der Waals surface area contributed by atoms with E-state index >= 15 is 0 Å². The van der Waals surface area contributed by atoms with E-state index < -0.39 is 17.1 Å². The Bertz CT molecular complexity index is 847. The summed E-state index contributed by atoms with van der Waals surface area (Å²) in [5.74, 6) is -0.533. The summed E-state index contributed by atoms with van der Waals surface area (Å²) in [6.07, 6.45) is 4.47. The van der Waals surface area contributed by atoms with E-state index in [0.29, 0.717) is 10.4 Å². The van der Waals surface area contributed by atoms with Crippen molar-refractivity contribution >= 4 is 17.2 Å². The van der Waals surface area contributed by atoms with Gasteiger partial charge in [0.25, 0.3) is 11.5 Å². The van der Waals surface area contributed by atoms with Crippen molar-refractivity contribution in [3.63, 3.8) is 0 Å². The third-order valence-electron chi connectivity index (χ3n) is 3.80. The number of aryl methyl sites for hydroxylation is 1. The number of aliphatic hydroxyl groups is 1. The number of nitrogens with one attached hydrogen (secondary N) is 1. The molecule has 3 aromatic rings. The number of nitrogens with zero attached hydrogens (tertiary/aromatic N) is 1. The first kappa shape index (κ1) is 16.2. The molecular weight excluding hydrogens is 328 g/mol. The van der Waals surface area contributed by atoms with Crippen LogP contribution in [0, 0.1) is 0 Å². The molecule has 6 nitrogen and oxygen atoms in total. The molecule has 3 aromatic heterocycles. The number of hydrogen-bond donors (Lipinski definition) is 2. The van der Waals surface area contributed by atoms with Crippen molar-refractivity contribution in [2.45, 2.75) is 5.60 Å². The van der Waals surface area contributed by atoms with Gasteiger partial charge in [0.15, 0.2) is 0 Å². The lowest BCUT2D eigenvalue weighted by Gasteiger charge is -2.26. The Morgan fingerprint density at radius 2 is 2.21 bits per heavy atom. The average Bonchev–Trinajstić information content (AvgIpc) is 3.28. The maximum atomic E-state index is 12.3. The molecule has 124 valence electrons. The Morgan fingerprint density at radius 1 is 1.38 bits per heavy atom. The maximum Gasteiger partial charge on any atom is 0.263 e. The second-order valence-electron chi connectivity index (χ2n) is 5.37. The summed E-state index contributed by atoms with van der Waals surface area (Å²) >= 11 is 1.37. The van der Waals surface area contributed by atoms with Gasteiger partial charge >= 0.3 is 0 Å². The van der Waals surface area contributed by atoms with Crippen LogP contribution in [-0.4, -0.2) is 22.1 Å². The topological polar surface area (TPSA) is 84.5 Å². The Hall–Kier alpha value is -2.64. The minimum Gasteiger partial charge on any atom is -0.472 e. The first-order chi connectivity index (χ1) is 11.5. The third kappa shape index (κ3) is 2.91. The molecule has 0 saturated heterocycles. The minimum absolute atomic E-state index is 0.0284. The largest absolute Gasteiger partial charge is 0.472 e. The number of carbonyl (C=O) groups excluding carboxylic acids is 1. The van der Waals surface area contributed by atoms with Gasteiger partial charge in [-0.1, -0.05) is 6.07 Å². The van der Waals surface area contributed by atoms with Gasteiger partial charge in [-0.3, -0.25) is 9.59 Å². The predicted molar refractivity (Wildman–Crippen MR) is 90.0 cm³/mol. The van der Waals surface area contributed by atoms with E-state index in [1.807, 2.05) is 11.4 Å². The normalized spacial score (nSPS) is 13.4. The van der Waals surface area contributed by atoms with Gasteiger partial charge in [0.2, 0.25) is 0 Å². The summed E-state index contributed by atoms with van der Waals surface area (Å²) < 4.78 is 6.39. The molecule has 0 aliphatic rings. The summed E-state index contributed by atoms with van der Waals surface area (Å²) in [4.78, 5) is 25.0. The molecule has 3 rings (SSSR count). The van der Waals surface area contributed by atoms with Crippen LogP contribution in [0.2, 0.25) is 0 Å². The maximum absolute atomic E-state index is 12.3. The fourth-order valence-electron chi connectivity index (χ4n) is 2.42. The zero-order valence-electron chi connectivity index (χ0n) is 12.9. The Kier molecular flexibility index (Phi) is 4.37. The lowest BCUT2D eigenvalue weighted by molar-refractivity contribution is 0.0713. The van der Waals surface area contributed by atoms with Gasteiger partial charge in [-0.2, -0.15) is 0 Å². The molecule has 24 heavy (non-hydrogen) atoms. The Balaban J connectivity index is 1.86. The highest BCUT2D eigenvalue weighted by atomic mass is 32.1. The zero-order valence-corrected chi connectivity index (χ0v) is 13.7. The van der Waals surface area contributed by atoms with Crippen LogP contribution in [0.25, 0.3) is 0 Å². The van der Waals surface area contributed by atoms with Gasteiger partial charge in [0, 0.05) is 23.7 Å². The van der Waals surface area contributed by atoms with Crippen LogP contribution in [0.3, 0.4) is 0 Å². The van der Waals surface area contributed by atoms with Gasteiger partial charge in [0.05, 0.1) is 19.1 Å². The zero-order chi connectivity index (χ0) is 17.2. The highest BCUT2D eigenvalue weighted by Crippen LogP contribution is 2.32. The second kappa shape index (κ2) is 6.46. The van der Waals surface area contributed by atoms with E-state index in [-0.39, 0.29) is 12.1 Å². The van der Waals surface area contributed by atoms with Crippen LogP contribution in [0.1, 0.15) is 20.8 Å². The average molecular weight is 344 g/mol. The van der Waals surface area contributed by atoms with Crippen LogP contribution in [0.4, 0.5) is 0 Å². The first-order valence-corrected chi connectivity index (χ1v) is 8.13. The van der Waals surface area contributed by atoms with Gasteiger partial charge in [-0.25, -0.2) is 0 Å². The smallest absolute Gasteiger partial charge is 0.263 e. The molecular formula is C17H16N2O4S. The molecule has 0 aromatic carbocycles. The molecule has 3 heterocycles. The molecule has 2 N–H and O–H groups in total. The molecule has 0 saturated carbocycles. The molecule has 0 radical (unpaired) electrons. The Morgan fingerprint density at radius 3 is 2.88 bits per heavy atom. The molecule has 0 fully saturated rings. The molecule has 0 aliphatic carbocycles. The molecule has 1 atom stereocenters. The van der Waals surface area contributed by atoms with Gasteiger partial charge < -0.3 is 19.4 Å². The van der Waals surface area contributed by atoms with Gasteiger partial charge in [0.1, 0.15) is 11.2 Å². The van der Waals surface area contributed by atoms with Crippen LogP contribution in [-0.2, 0) is 12.6 Å². The van der Waals surface area contributed by atoms with Crippen LogP contribution < -0.4 is 10.9 Å². The minimum atomic E-state index is -1.42. The fourth-order valence-corrected chi connectivity index (χ4v) is 3.26. The number of aromatic nitrogens is 1. The number of carbonyl (C=O) groups is 1. The third-order valence-corrected chi connectivity index (χ3v) is 4.82. The first-order valence-electron chi connectivity index (χ1n) is 7.25. The highest BCUT2D eigenvalue weighted by Gasteiger charge is 2.34. The van der Waals surface area contributed by atoms with E-state index in [9.17, 15) is 14.7 Å². The summed E-state index contributed by atoms with van der Waals surface area (Å²) in [5, 5.41) is 15.6. The van der Waals surface area contributed by atoms with E-state index in [1.165, 1.54) is 34.5 Å². The number of furan rings is 1. The molecule has 1 unspecified atom stereocenters. The number of hydrogen-bond acceptors (Lipinski definition) is 5. The number of pyridine rings is 1.